The molecule has 0 radical (unpaired) electrons. The Balaban J connectivity index is 2.66. The van der Waals surface area contributed by atoms with Crippen LogP contribution >= 0.6 is 0 Å². The number of carbonyl (C=O) groups is 1. The summed E-state index contributed by atoms with van der Waals surface area (Å²) in [7, 11) is 3.05. The molecule has 0 saturated heterocycles. The van der Waals surface area contributed by atoms with Gasteiger partial charge in [0.15, 0.2) is 0 Å². The quantitative estimate of drug-likeness (QED) is 0.700. The second kappa shape index (κ2) is 7.52. The molecule has 0 aliphatic rings. The molecule has 1 aromatic carbocycles. The average molecular weight is 255 g/mol. The minimum absolute atomic E-state index is 0.115. The van der Waals surface area contributed by atoms with Crippen molar-refractivity contribution in [1.82, 2.24) is 0 Å². The molecule has 0 aliphatic heterocycles. The predicted molar refractivity (Wildman–Crippen MR) is 66.1 cm³/mol. The molecule has 1 aromatic rings. The summed E-state index contributed by atoms with van der Waals surface area (Å²) in [6.45, 7) is -0.112. The first-order chi connectivity index (χ1) is 8.71. The fourth-order valence-corrected chi connectivity index (χ4v) is 1.33. The molecule has 0 bridgehead atoms. The number of hydrogen-bond donors (Lipinski definition) is 2. The van der Waals surface area contributed by atoms with Crippen LogP contribution in [0.3, 0.4) is 0 Å². The second-order valence-electron chi connectivity index (χ2n) is 3.39. The Morgan fingerprint density at radius 3 is 2.72 bits per heavy atom. The van der Waals surface area contributed by atoms with Crippen molar-refractivity contribution in [3.05, 3.63) is 18.2 Å². The zero-order chi connectivity index (χ0) is 13.4. The Labute approximate surface area is 105 Å². The summed E-state index contributed by atoms with van der Waals surface area (Å²) < 4.78 is 15.1. The van der Waals surface area contributed by atoms with Gasteiger partial charge < -0.3 is 24.6 Å². The molecule has 100 valence electrons. The minimum Gasteiger partial charge on any atom is -0.497 e. The van der Waals surface area contributed by atoms with E-state index in [-0.39, 0.29) is 25.7 Å². The van der Waals surface area contributed by atoms with E-state index < -0.39 is 0 Å². The largest absolute Gasteiger partial charge is 0.497 e. The smallest absolute Gasteiger partial charge is 0.250 e. The van der Waals surface area contributed by atoms with Crippen molar-refractivity contribution in [3.63, 3.8) is 0 Å². The summed E-state index contributed by atoms with van der Waals surface area (Å²) in [6.07, 6.45) is 0. The molecule has 0 saturated carbocycles. The van der Waals surface area contributed by atoms with Gasteiger partial charge in [0.05, 0.1) is 33.1 Å². The fourth-order valence-electron chi connectivity index (χ4n) is 1.33. The van der Waals surface area contributed by atoms with E-state index in [1.165, 1.54) is 14.2 Å². The Hall–Kier alpha value is -1.79. The van der Waals surface area contributed by atoms with Gasteiger partial charge in [0, 0.05) is 6.07 Å². The van der Waals surface area contributed by atoms with Crippen molar-refractivity contribution in [2.75, 3.05) is 39.4 Å². The van der Waals surface area contributed by atoms with Crippen molar-refractivity contribution < 1.29 is 24.1 Å². The molecule has 0 aliphatic carbocycles. The topological polar surface area (TPSA) is 77.0 Å². The molecular formula is C12H17NO5. The lowest BCUT2D eigenvalue weighted by atomic mass is 10.2. The lowest BCUT2D eigenvalue weighted by molar-refractivity contribution is -0.120. The molecule has 0 heterocycles. The third-order valence-electron chi connectivity index (χ3n) is 2.15. The van der Waals surface area contributed by atoms with E-state index in [9.17, 15) is 4.79 Å². The van der Waals surface area contributed by atoms with Crippen molar-refractivity contribution in [3.8, 4) is 11.5 Å². The number of methoxy groups -OCH3 is 2. The van der Waals surface area contributed by atoms with Gasteiger partial charge in [-0.15, -0.1) is 0 Å². The van der Waals surface area contributed by atoms with Crippen LogP contribution in [0.4, 0.5) is 5.69 Å². The Morgan fingerprint density at radius 1 is 1.33 bits per heavy atom. The summed E-state index contributed by atoms with van der Waals surface area (Å²) in [5, 5.41) is 11.2. The van der Waals surface area contributed by atoms with Crippen molar-refractivity contribution in [1.29, 1.82) is 0 Å². The van der Waals surface area contributed by atoms with Gasteiger partial charge in [-0.25, -0.2) is 0 Å². The van der Waals surface area contributed by atoms with Crippen molar-refractivity contribution in [2.24, 2.45) is 0 Å². The Kier molecular flexibility index (Phi) is 5.96. The van der Waals surface area contributed by atoms with Gasteiger partial charge in [0.25, 0.3) is 0 Å². The minimum atomic E-state index is -0.324. The van der Waals surface area contributed by atoms with Crippen molar-refractivity contribution in [2.45, 2.75) is 0 Å². The lowest BCUT2D eigenvalue weighted by Gasteiger charge is -2.11. The van der Waals surface area contributed by atoms with Gasteiger partial charge >= 0.3 is 0 Å². The molecule has 6 nitrogen and oxygen atoms in total. The molecule has 0 atom stereocenters. The molecule has 2 N–H and O–H groups in total. The standard InChI is InChI=1S/C12H17NO5/c1-16-9-3-4-11(17-2)10(7-9)13-12(15)8-18-6-5-14/h3-4,7,14H,5-6,8H2,1-2H3,(H,13,15). The third-order valence-corrected chi connectivity index (χ3v) is 2.15. The van der Waals surface area contributed by atoms with Crippen LogP contribution in [-0.2, 0) is 9.53 Å². The molecule has 0 spiro atoms. The van der Waals surface area contributed by atoms with Crippen molar-refractivity contribution >= 4 is 11.6 Å². The van der Waals surface area contributed by atoms with E-state index in [0.717, 1.165) is 0 Å². The first kappa shape index (κ1) is 14.3. The van der Waals surface area contributed by atoms with Crippen LogP contribution in [0.15, 0.2) is 18.2 Å². The zero-order valence-electron chi connectivity index (χ0n) is 10.4. The number of aliphatic hydroxyl groups excluding tert-OH is 1. The van der Waals surface area contributed by atoms with E-state index in [1.54, 1.807) is 18.2 Å². The molecule has 0 unspecified atom stereocenters. The number of anilines is 1. The first-order valence-corrected chi connectivity index (χ1v) is 5.41. The number of benzene rings is 1. The summed E-state index contributed by atoms with van der Waals surface area (Å²) in [4.78, 5) is 11.5. The normalized spacial score (nSPS) is 9.94. The van der Waals surface area contributed by atoms with E-state index in [1.807, 2.05) is 0 Å². The van der Waals surface area contributed by atoms with Gasteiger partial charge in [-0.1, -0.05) is 0 Å². The summed E-state index contributed by atoms with van der Waals surface area (Å²) in [5.41, 5.74) is 0.509. The average Bonchev–Trinajstić information content (AvgIpc) is 2.39. The fraction of sp³-hybridized carbons (Fsp3) is 0.417. The highest BCUT2D eigenvalue weighted by molar-refractivity contribution is 5.93. The van der Waals surface area contributed by atoms with Gasteiger partial charge in [0.1, 0.15) is 18.1 Å². The molecule has 1 amide bonds. The first-order valence-electron chi connectivity index (χ1n) is 5.41. The maximum Gasteiger partial charge on any atom is 0.250 e. The zero-order valence-corrected chi connectivity index (χ0v) is 10.4. The summed E-state index contributed by atoms with van der Waals surface area (Å²) in [5.74, 6) is 0.823. The van der Waals surface area contributed by atoms with E-state index in [2.05, 4.69) is 5.32 Å². The third kappa shape index (κ3) is 4.23. The molecule has 18 heavy (non-hydrogen) atoms. The van der Waals surface area contributed by atoms with Crippen LogP contribution in [0.2, 0.25) is 0 Å². The van der Waals surface area contributed by atoms with E-state index in [0.29, 0.717) is 17.2 Å². The van der Waals surface area contributed by atoms with E-state index in [4.69, 9.17) is 19.3 Å². The maximum atomic E-state index is 11.5. The number of aliphatic hydroxyl groups is 1. The summed E-state index contributed by atoms with van der Waals surface area (Å²) in [6, 6.07) is 5.09. The number of nitrogens with one attached hydrogen (secondary N) is 1. The van der Waals surface area contributed by atoms with Crippen LogP contribution in [0.5, 0.6) is 11.5 Å². The van der Waals surface area contributed by atoms with Crippen LogP contribution in [0.1, 0.15) is 0 Å². The molecule has 0 aromatic heterocycles. The van der Waals surface area contributed by atoms with Crippen LogP contribution in [0.25, 0.3) is 0 Å². The number of ether oxygens (including phenoxy) is 3. The summed E-state index contributed by atoms with van der Waals surface area (Å²) >= 11 is 0. The highest BCUT2D eigenvalue weighted by Crippen LogP contribution is 2.28. The monoisotopic (exact) mass is 255 g/mol. The Morgan fingerprint density at radius 2 is 2.11 bits per heavy atom. The molecule has 0 fully saturated rings. The molecular weight excluding hydrogens is 238 g/mol. The maximum absolute atomic E-state index is 11.5. The SMILES string of the molecule is COc1ccc(OC)c(NC(=O)COCCO)c1. The number of amides is 1. The highest BCUT2D eigenvalue weighted by Gasteiger charge is 2.09. The van der Waals surface area contributed by atoms with Crippen LogP contribution in [0, 0.1) is 0 Å². The van der Waals surface area contributed by atoms with Gasteiger partial charge in [0.2, 0.25) is 5.91 Å². The predicted octanol–water partition coefficient (Wildman–Crippen LogP) is 0.651. The second-order valence-corrected chi connectivity index (χ2v) is 3.39. The van der Waals surface area contributed by atoms with E-state index >= 15 is 0 Å². The van der Waals surface area contributed by atoms with Crippen LogP contribution < -0.4 is 14.8 Å². The number of hydrogen-bond acceptors (Lipinski definition) is 5. The number of carbonyl (C=O) groups excluding carboxylic acids is 1. The van der Waals surface area contributed by atoms with Crippen LogP contribution in [-0.4, -0.2) is 45.1 Å². The molecule has 6 heteroatoms. The van der Waals surface area contributed by atoms with Gasteiger partial charge in [-0.3, -0.25) is 4.79 Å². The van der Waals surface area contributed by atoms with Gasteiger partial charge in [-0.05, 0) is 12.1 Å². The lowest BCUT2D eigenvalue weighted by Crippen LogP contribution is -2.19. The highest BCUT2D eigenvalue weighted by atomic mass is 16.5. The Bertz CT molecular complexity index is 394. The number of rotatable bonds is 7. The molecule has 1 rings (SSSR count). The van der Waals surface area contributed by atoms with Gasteiger partial charge in [-0.2, -0.15) is 0 Å².